The lowest BCUT2D eigenvalue weighted by atomic mass is 10.1. The van der Waals surface area contributed by atoms with E-state index in [9.17, 15) is 9.90 Å². The fourth-order valence-corrected chi connectivity index (χ4v) is 2.72. The van der Waals surface area contributed by atoms with E-state index >= 15 is 0 Å². The molecular formula is C13H11BrN4O2. The van der Waals surface area contributed by atoms with Gasteiger partial charge >= 0.3 is 6.09 Å². The monoisotopic (exact) mass is 334 g/mol. The number of aryl methyl sites for hydroxylation is 2. The smallest absolute Gasteiger partial charge is 0.416 e. The average Bonchev–Trinajstić information content (AvgIpc) is 2.91. The van der Waals surface area contributed by atoms with E-state index in [1.54, 1.807) is 36.4 Å². The lowest BCUT2D eigenvalue weighted by Crippen LogP contribution is -2.09. The Morgan fingerprint density at radius 1 is 1.40 bits per heavy atom. The van der Waals surface area contributed by atoms with Gasteiger partial charge in [-0.2, -0.15) is 5.10 Å². The molecule has 0 unspecified atom stereocenters. The molecule has 20 heavy (non-hydrogen) atoms. The molecule has 0 aliphatic rings. The van der Waals surface area contributed by atoms with E-state index in [1.165, 1.54) is 4.57 Å². The molecule has 3 rings (SSSR count). The molecule has 0 radical (unpaired) electrons. The van der Waals surface area contributed by atoms with Crippen LogP contribution in [-0.2, 0) is 7.05 Å². The zero-order valence-electron chi connectivity index (χ0n) is 10.8. The fraction of sp³-hybridized carbons (Fsp3) is 0.154. The Balaban J connectivity index is 2.44. The summed E-state index contributed by atoms with van der Waals surface area (Å²) < 4.78 is 3.52. The molecule has 3 aromatic rings. The van der Waals surface area contributed by atoms with Crippen LogP contribution < -0.4 is 0 Å². The first-order valence-corrected chi connectivity index (χ1v) is 6.67. The highest BCUT2D eigenvalue weighted by Crippen LogP contribution is 2.33. The fourth-order valence-electron chi connectivity index (χ4n) is 2.40. The molecule has 102 valence electrons. The normalized spacial score (nSPS) is 11.2. The summed E-state index contributed by atoms with van der Waals surface area (Å²) in [5.41, 5.74) is 2.87. The molecule has 0 aliphatic carbocycles. The molecule has 0 saturated heterocycles. The van der Waals surface area contributed by atoms with Gasteiger partial charge in [0.25, 0.3) is 0 Å². The zero-order chi connectivity index (χ0) is 14.4. The average molecular weight is 335 g/mol. The minimum atomic E-state index is -1.03. The van der Waals surface area contributed by atoms with Gasteiger partial charge in [-0.3, -0.25) is 4.68 Å². The van der Waals surface area contributed by atoms with Crippen LogP contribution in [0.2, 0.25) is 0 Å². The second-order valence-corrected chi connectivity index (χ2v) is 5.33. The topological polar surface area (TPSA) is 72.9 Å². The van der Waals surface area contributed by atoms with Gasteiger partial charge in [0.15, 0.2) is 0 Å². The van der Waals surface area contributed by atoms with E-state index in [0.29, 0.717) is 15.8 Å². The molecule has 0 atom stereocenters. The van der Waals surface area contributed by atoms with E-state index in [1.807, 2.05) is 6.92 Å². The van der Waals surface area contributed by atoms with Gasteiger partial charge in [0.1, 0.15) is 4.60 Å². The Hall–Kier alpha value is -2.15. The molecule has 0 saturated carbocycles. The first-order valence-electron chi connectivity index (χ1n) is 5.88. The van der Waals surface area contributed by atoms with Crippen molar-refractivity contribution < 1.29 is 9.90 Å². The minimum absolute atomic E-state index is 0.600. The number of carboxylic acid groups (broad SMARTS) is 1. The highest BCUT2D eigenvalue weighted by molar-refractivity contribution is 9.10. The van der Waals surface area contributed by atoms with Crippen molar-refractivity contribution in [1.29, 1.82) is 0 Å². The predicted octanol–water partition coefficient (Wildman–Crippen LogP) is 3.03. The summed E-state index contributed by atoms with van der Waals surface area (Å²) in [6, 6.07) is 1.70. The maximum absolute atomic E-state index is 11.6. The summed E-state index contributed by atoms with van der Waals surface area (Å²) in [7, 11) is 1.80. The maximum atomic E-state index is 11.6. The number of aromatic nitrogens is 4. The van der Waals surface area contributed by atoms with Gasteiger partial charge in [-0.25, -0.2) is 14.3 Å². The van der Waals surface area contributed by atoms with E-state index in [-0.39, 0.29) is 0 Å². The Bertz CT molecular complexity index is 834. The second-order valence-electron chi connectivity index (χ2n) is 4.52. The van der Waals surface area contributed by atoms with Crippen molar-refractivity contribution in [3.8, 4) is 11.3 Å². The largest absolute Gasteiger partial charge is 0.464 e. The lowest BCUT2D eigenvalue weighted by molar-refractivity contribution is 0.198. The molecule has 0 aliphatic heterocycles. The number of nitrogens with zero attached hydrogens (tertiary/aromatic N) is 4. The van der Waals surface area contributed by atoms with Crippen molar-refractivity contribution >= 4 is 32.9 Å². The molecule has 3 heterocycles. The van der Waals surface area contributed by atoms with Crippen LogP contribution in [0.4, 0.5) is 4.79 Å². The van der Waals surface area contributed by atoms with Crippen molar-refractivity contribution in [3.05, 3.63) is 34.8 Å². The van der Waals surface area contributed by atoms with Crippen LogP contribution in [0.5, 0.6) is 0 Å². The van der Waals surface area contributed by atoms with Crippen LogP contribution in [0.3, 0.4) is 0 Å². The van der Waals surface area contributed by atoms with Crippen molar-refractivity contribution in [2.24, 2.45) is 7.05 Å². The first-order chi connectivity index (χ1) is 9.49. The van der Waals surface area contributed by atoms with E-state index in [4.69, 9.17) is 0 Å². The number of halogens is 1. The van der Waals surface area contributed by atoms with E-state index < -0.39 is 6.09 Å². The van der Waals surface area contributed by atoms with Gasteiger partial charge in [0, 0.05) is 30.4 Å². The molecule has 0 amide bonds. The van der Waals surface area contributed by atoms with Crippen LogP contribution in [0.1, 0.15) is 5.56 Å². The Morgan fingerprint density at radius 3 is 2.75 bits per heavy atom. The third kappa shape index (κ3) is 1.82. The highest BCUT2D eigenvalue weighted by atomic mass is 79.9. The molecule has 7 heteroatoms. The van der Waals surface area contributed by atoms with Crippen molar-refractivity contribution in [1.82, 2.24) is 19.3 Å². The van der Waals surface area contributed by atoms with Crippen LogP contribution in [0, 0.1) is 6.92 Å². The third-order valence-corrected chi connectivity index (χ3v) is 3.68. The van der Waals surface area contributed by atoms with Gasteiger partial charge in [-0.15, -0.1) is 0 Å². The van der Waals surface area contributed by atoms with Crippen molar-refractivity contribution in [2.45, 2.75) is 6.92 Å². The van der Waals surface area contributed by atoms with Crippen LogP contribution >= 0.6 is 15.9 Å². The molecule has 1 N–H and O–H groups in total. The van der Waals surface area contributed by atoms with Crippen molar-refractivity contribution in [2.75, 3.05) is 0 Å². The third-order valence-electron chi connectivity index (χ3n) is 3.24. The van der Waals surface area contributed by atoms with Gasteiger partial charge in [-0.1, -0.05) is 0 Å². The first kappa shape index (κ1) is 12.9. The standard InChI is InChI=1S/C13H11BrN4O2/c1-7-9-5-15-11(14)3-10(9)18(13(19)20)12(7)8-4-16-17(2)6-8/h3-6H,1-2H3,(H,19,20). The molecule has 0 bridgehead atoms. The lowest BCUT2D eigenvalue weighted by Gasteiger charge is -2.04. The van der Waals surface area contributed by atoms with Crippen LogP contribution in [-0.4, -0.2) is 30.5 Å². The summed E-state index contributed by atoms with van der Waals surface area (Å²) in [6.45, 7) is 1.89. The summed E-state index contributed by atoms with van der Waals surface area (Å²) in [6.07, 6.45) is 4.10. The SMILES string of the molecule is Cc1c(-c2cnn(C)c2)n(C(=O)O)c2cc(Br)ncc12. The zero-order valence-corrected chi connectivity index (χ0v) is 12.4. The quantitative estimate of drug-likeness (QED) is 0.694. The molecule has 6 nitrogen and oxygen atoms in total. The molecule has 0 spiro atoms. The van der Waals surface area contributed by atoms with Gasteiger partial charge < -0.3 is 5.11 Å². The van der Waals surface area contributed by atoms with Gasteiger partial charge in [0.2, 0.25) is 0 Å². The number of fused-ring (bicyclic) bond motifs is 1. The maximum Gasteiger partial charge on any atom is 0.416 e. The summed E-state index contributed by atoms with van der Waals surface area (Å²) in [5.74, 6) is 0. The summed E-state index contributed by atoms with van der Waals surface area (Å²) in [4.78, 5) is 15.8. The minimum Gasteiger partial charge on any atom is -0.464 e. The number of hydrogen-bond acceptors (Lipinski definition) is 3. The molecule has 0 fully saturated rings. The summed E-state index contributed by atoms with van der Waals surface area (Å²) >= 11 is 3.28. The Labute approximate surface area is 122 Å². The van der Waals surface area contributed by atoms with E-state index in [2.05, 4.69) is 26.0 Å². The predicted molar refractivity (Wildman–Crippen MR) is 77.8 cm³/mol. The van der Waals surface area contributed by atoms with Crippen LogP contribution in [0.25, 0.3) is 22.2 Å². The van der Waals surface area contributed by atoms with Crippen LogP contribution in [0.15, 0.2) is 29.3 Å². The van der Waals surface area contributed by atoms with Gasteiger partial charge in [-0.05, 0) is 34.5 Å². The van der Waals surface area contributed by atoms with Crippen molar-refractivity contribution in [3.63, 3.8) is 0 Å². The highest BCUT2D eigenvalue weighted by Gasteiger charge is 2.21. The molecule has 0 aromatic carbocycles. The number of rotatable bonds is 1. The number of hydrogen-bond donors (Lipinski definition) is 1. The second kappa shape index (κ2) is 4.45. The Morgan fingerprint density at radius 2 is 2.15 bits per heavy atom. The number of carbonyl (C=O) groups is 1. The number of pyridine rings is 1. The van der Waals surface area contributed by atoms with Gasteiger partial charge in [0.05, 0.1) is 17.4 Å². The molecular weight excluding hydrogens is 324 g/mol. The van der Waals surface area contributed by atoms with E-state index in [0.717, 1.165) is 16.5 Å². The molecule has 3 aromatic heterocycles. The summed E-state index contributed by atoms with van der Waals surface area (Å²) in [5, 5.41) is 14.5. The Kier molecular flexibility index (Phi) is 2.86.